The molecule has 0 saturated carbocycles. The summed E-state index contributed by atoms with van der Waals surface area (Å²) in [6.45, 7) is 2.24. The van der Waals surface area contributed by atoms with Crippen molar-refractivity contribution in [2.24, 2.45) is 0 Å². The molecule has 2 aromatic carbocycles. The van der Waals surface area contributed by atoms with Crippen LogP contribution in [0.3, 0.4) is 0 Å². The molecule has 0 heterocycles. The summed E-state index contributed by atoms with van der Waals surface area (Å²) in [5.41, 5.74) is 0.773. The smallest absolute Gasteiger partial charge is 0.872 e. The van der Waals surface area contributed by atoms with Gasteiger partial charge in [-0.2, -0.15) is 8.42 Å². The fourth-order valence-electron chi connectivity index (χ4n) is 3.62. The molecular formula is C25H35KO5S. The zero-order valence-corrected chi connectivity index (χ0v) is 23.5. The molecular weight excluding hydrogens is 451 g/mol. The van der Waals surface area contributed by atoms with Gasteiger partial charge in [0, 0.05) is 6.07 Å². The van der Waals surface area contributed by atoms with E-state index in [1.54, 1.807) is 18.2 Å². The van der Waals surface area contributed by atoms with Crippen LogP contribution in [-0.2, 0) is 16.5 Å². The normalized spacial score (nSPS) is 11.2. The standard InChI is InChI=1S/C25H36O5S.K/c1-2-3-4-5-6-7-8-9-10-11-12-14-21-17-18-23(20-25(21)26)30-22-15-13-16-24(19-22)31(27,28)29;/h13,15-20,26H,2-12,14H2,1H3,(H,27,28,29);/q;+1/p-1. The van der Waals surface area contributed by atoms with Crippen molar-refractivity contribution in [2.75, 3.05) is 0 Å². The molecule has 0 aliphatic carbocycles. The van der Waals surface area contributed by atoms with E-state index in [4.69, 9.17) is 9.29 Å². The van der Waals surface area contributed by atoms with Crippen molar-refractivity contribution in [3.05, 3.63) is 48.0 Å². The minimum Gasteiger partial charge on any atom is -0.872 e. The van der Waals surface area contributed by atoms with Crippen molar-refractivity contribution in [2.45, 2.75) is 88.9 Å². The van der Waals surface area contributed by atoms with Gasteiger partial charge >= 0.3 is 51.4 Å². The van der Waals surface area contributed by atoms with E-state index in [0.29, 0.717) is 5.75 Å². The summed E-state index contributed by atoms with van der Waals surface area (Å²) >= 11 is 0. The van der Waals surface area contributed by atoms with Crippen molar-refractivity contribution >= 4 is 10.1 Å². The van der Waals surface area contributed by atoms with E-state index in [1.165, 1.54) is 82.1 Å². The summed E-state index contributed by atoms with van der Waals surface area (Å²) in [5.74, 6) is 0.517. The van der Waals surface area contributed by atoms with Gasteiger partial charge in [0.05, 0.1) is 4.90 Å². The largest absolute Gasteiger partial charge is 1.00 e. The number of rotatable bonds is 15. The summed E-state index contributed by atoms with van der Waals surface area (Å²) < 4.78 is 37.2. The molecule has 0 spiro atoms. The molecule has 172 valence electrons. The van der Waals surface area contributed by atoms with Gasteiger partial charge in [-0.25, -0.2) is 0 Å². The molecule has 0 aliphatic rings. The van der Waals surface area contributed by atoms with Crippen LogP contribution in [0.2, 0.25) is 0 Å². The second-order valence-corrected chi connectivity index (χ2v) is 9.53. The quantitative estimate of drug-likeness (QED) is 0.236. The second kappa shape index (κ2) is 16.3. The number of hydrogen-bond donors (Lipinski definition) is 1. The average molecular weight is 487 g/mol. The van der Waals surface area contributed by atoms with Crippen LogP contribution in [0.1, 0.15) is 83.1 Å². The Morgan fingerprint density at radius 1 is 0.812 bits per heavy atom. The number of aryl methyl sites for hydroxylation is 1. The average Bonchev–Trinajstić information content (AvgIpc) is 2.73. The molecule has 0 radical (unpaired) electrons. The topological polar surface area (TPSA) is 86.7 Å². The van der Waals surface area contributed by atoms with Gasteiger partial charge in [0.15, 0.2) is 0 Å². The van der Waals surface area contributed by atoms with Crippen molar-refractivity contribution < 1.29 is 74.2 Å². The van der Waals surface area contributed by atoms with Crippen molar-refractivity contribution in [1.29, 1.82) is 0 Å². The summed E-state index contributed by atoms with van der Waals surface area (Å²) in [5, 5.41) is 12.4. The third kappa shape index (κ3) is 11.6. The van der Waals surface area contributed by atoms with Gasteiger partial charge in [-0.3, -0.25) is 4.55 Å². The predicted octanol–water partition coefficient (Wildman–Crippen LogP) is 3.66. The SMILES string of the molecule is CCCCCCCCCCCCCc1ccc(Oc2cccc(S(=O)(=O)O)c2)cc1[O-].[K+]. The number of ether oxygens (including phenoxy) is 1. The zero-order chi connectivity index (χ0) is 22.5. The van der Waals surface area contributed by atoms with Gasteiger partial charge in [-0.1, -0.05) is 88.8 Å². The van der Waals surface area contributed by atoms with E-state index in [-0.39, 0.29) is 67.8 Å². The van der Waals surface area contributed by atoms with E-state index in [2.05, 4.69) is 6.92 Å². The monoisotopic (exact) mass is 486 g/mol. The number of hydrogen-bond acceptors (Lipinski definition) is 4. The molecule has 0 amide bonds. The molecule has 0 aliphatic heterocycles. The number of benzene rings is 2. The molecule has 2 aromatic rings. The van der Waals surface area contributed by atoms with Gasteiger partial charge in [-0.15, -0.1) is 5.75 Å². The molecule has 5 nitrogen and oxygen atoms in total. The van der Waals surface area contributed by atoms with E-state index in [0.717, 1.165) is 24.8 Å². The van der Waals surface area contributed by atoms with Gasteiger partial charge in [0.1, 0.15) is 11.5 Å². The first-order valence-electron chi connectivity index (χ1n) is 11.5. The molecule has 0 atom stereocenters. The Hall–Kier alpha value is -0.414. The molecule has 0 aromatic heterocycles. The maximum Gasteiger partial charge on any atom is 1.00 e. The summed E-state index contributed by atoms with van der Waals surface area (Å²) in [7, 11) is -4.30. The van der Waals surface area contributed by atoms with Crippen LogP contribution >= 0.6 is 0 Å². The van der Waals surface area contributed by atoms with Crippen LogP contribution in [0.4, 0.5) is 0 Å². The Morgan fingerprint density at radius 3 is 1.94 bits per heavy atom. The van der Waals surface area contributed by atoms with E-state index >= 15 is 0 Å². The molecule has 0 saturated heterocycles. The van der Waals surface area contributed by atoms with Crippen LogP contribution in [0, 0.1) is 0 Å². The van der Waals surface area contributed by atoms with Gasteiger partial charge in [0.2, 0.25) is 0 Å². The molecule has 32 heavy (non-hydrogen) atoms. The molecule has 0 fully saturated rings. The first-order valence-corrected chi connectivity index (χ1v) is 12.9. The van der Waals surface area contributed by atoms with Crippen LogP contribution in [-0.4, -0.2) is 13.0 Å². The molecule has 0 unspecified atom stereocenters. The first-order chi connectivity index (χ1) is 14.9. The van der Waals surface area contributed by atoms with E-state index < -0.39 is 10.1 Å². The Kier molecular flexibility index (Phi) is 15.0. The van der Waals surface area contributed by atoms with Gasteiger partial charge in [-0.05, 0) is 37.1 Å². The van der Waals surface area contributed by atoms with Gasteiger partial charge < -0.3 is 9.84 Å². The Balaban J connectivity index is 0.00000512. The Morgan fingerprint density at radius 2 is 1.38 bits per heavy atom. The number of unbranched alkanes of at least 4 members (excludes halogenated alkanes) is 10. The Bertz CT molecular complexity index is 899. The van der Waals surface area contributed by atoms with Crippen molar-refractivity contribution in [1.82, 2.24) is 0 Å². The summed E-state index contributed by atoms with van der Waals surface area (Å²) in [6, 6.07) is 10.5. The summed E-state index contributed by atoms with van der Waals surface area (Å²) in [6.07, 6.45) is 14.8. The third-order valence-electron chi connectivity index (χ3n) is 5.43. The van der Waals surface area contributed by atoms with Crippen LogP contribution in [0.15, 0.2) is 47.4 Å². The summed E-state index contributed by atoms with van der Waals surface area (Å²) in [4.78, 5) is -0.250. The molecule has 0 bridgehead atoms. The zero-order valence-electron chi connectivity index (χ0n) is 19.5. The minimum absolute atomic E-state index is 0. The van der Waals surface area contributed by atoms with Crippen LogP contribution < -0.4 is 61.2 Å². The van der Waals surface area contributed by atoms with E-state index in [1.807, 2.05) is 0 Å². The van der Waals surface area contributed by atoms with Crippen LogP contribution in [0.5, 0.6) is 17.2 Å². The maximum atomic E-state index is 12.4. The van der Waals surface area contributed by atoms with E-state index in [9.17, 15) is 13.5 Å². The Labute approximate surface area is 236 Å². The minimum atomic E-state index is -4.30. The fourth-order valence-corrected chi connectivity index (χ4v) is 4.13. The second-order valence-electron chi connectivity index (χ2n) is 8.11. The predicted molar refractivity (Wildman–Crippen MR) is 122 cm³/mol. The first kappa shape index (κ1) is 29.6. The molecule has 7 heteroatoms. The fraction of sp³-hybridized carbons (Fsp3) is 0.520. The van der Waals surface area contributed by atoms with Crippen LogP contribution in [0.25, 0.3) is 0 Å². The van der Waals surface area contributed by atoms with Crippen molar-refractivity contribution in [3.63, 3.8) is 0 Å². The molecule has 2 rings (SSSR count). The van der Waals surface area contributed by atoms with Crippen molar-refractivity contribution in [3.8, 4) is 17.2 Å². The van der Waals surface area contributed by atoms with Gasteiger partial charge in [0.25, 0.3) is 10.1 Å². The molecule has 1 N–H and O–H groups in total. The maximum absolute atomic E-state index is 12.4. The third-order valence-corrected chi connectivity index (χ3v) is 6.28.